The van der Waals surface area contributed by atoms with Crippen molar-refractivity contribution in [1.82, 2.24) is 15.5 Å². The summed E-state index contributed by atoms with van der Waals surface area (Å²) in [6, 6.07) is 11.9. The third-order valence-corrected chi connectivity index (χ3v) is 3.89. The number of nitrogens with zero attached hydrogens (tertiary/aromatic N) is 2. The summed E-state index contributed by atoms with van der Waals surface area (Å²) in [5, 5.41) is 15.0. The minimum atomic E-state index is 0.0167. The molecular weight excluding hydrogens is 316 g/mol. The largest absolute Gasteiger partial charge is 0.367 e. The average molecular weight is 335 g/mol. The Kier molecular flexibility index (Phi) is 4.73. The second kappa shape index (κ2) is 6.33. The highest BCUT2D eigenvalue weighted by molar-refractivity contribution is 9.10. The van der Waals surface area contributed by atoms with Gasteiger partial charge < -0.3 is 10.6 Å². The van der Waals surface area contributed by atoms with Crippen LogP contribution in [0.1, 0.15) is 13.8 Å². The first-order valence-electron chi connectivity index (χ1n) is 6.53. The molecule has 2 aromatic rings. The van der Waals surface area contributed by atoms with Crippen LogP contribution in [-0.2, 0) is 0 Å². The van der Waals surface area contributed by atoms with E-state index in [0.29, 0.717) is 0 Å². The summed E-state index contributed by atoms with van der Waals surface area (Å²) >= 11 is 3.53. The molecule has 1 heterocycles. The zero-order chi connectivity index (χ0) is 14.6. The molecule has 2 N–H and O–H groups in total. The van der Waals surface area contributed by atoms with Gasteiger partial charge in [-0.25, -0.2) is 0 Å². The van der Waals surface area contributed by atoms with Crippen LogP contribution in [0.2, 0.25) is 0 Å². The first-order chi connectivity index (χ1) is 9.52. The zero-order valence-corrected chi connectivity index (χ0v) is 13.5. The molecule has 4 nitrogen and oxygen atoms in total. The van der Waals surface area contributed by atoms with Crippen LogP contribution in [0.25, 0.3) is 11.3 Å². The van der Waals surface area contributed by atoms with E-state index in [0.717, 1.165) is 28.1 Å². The summed E-state index contributed by atoms with van der Waals surface area (Å²) in [7, 11) is 1.95. The minimum absolute atomic E-state index is 0.0167. The van der Waals surface area contributed by atoms with Crippen molar-refractivity contribution in [3.63, 3.8) is 0 Å². The standard InChI is InChI=1S/C15H19BrN4/c1-15(2,17-3)10-18-14-9-8-13(19-20-14)11-6-4-5-7-12(11)16/h4-9,17H,10H2,1-3H3,(H,18,20). The van der Waals surface area contributed by atoms with Gasteiger partial charge in [-0.1, -0.05) is 34.1 Å². The van der Waals surface area contributed by atoms with Crippen LogP contribution in [0.15, 0.2) is 40.9 Å². The number of hydrogen-bond acceptors (Lipinski definition) is 4. The first-order valence-corrected chi connectivity index (χ1v) is 7.32. The molecule has 20 heavy (non-hydrogen) atoms. The predicted molar refractivity (Wildman–Crippen MR) is 86.8 cm³/mol. The van der Waals surface area contributed by atoms with Crippen molar-refractivity contribution in [3.8, 4) is 11.3 Å². The van der Waals surface area contributed by atoms with E-state index < -0.39 is 0 Å². The molecule has 0 spiro atoms. The lowest BCUT2D eigenvalue weighted by Crippen LogP contribution is -2.42. The number of hydrogen-bond donors (Lipinski definition) is 2. The topological polar surface area (TPSA) is 49.8 Å². The molecule has 0 saturated carbocycles. The van der Waals surface area contributed by atoms with Gasteiger partial charge in [-0.05, 0) is 39.1 Å². The van der Waals surface area contributed by atoms with Crippen molar-refractivity contribution < 1.29 is 0 Å². The fourth-order valence-corrected chi connectivity index (χ4v) is 2.13. The Bertz CT molecular complexity index is 566. The van der Waals surface area contributed by atoms with Crippen molar-refractivity contribution in [2.24, 2.45) is 0 Å². The molecule has 5 heteroatoms. The van der Waals surface area contributed by atoms with E-state index in [4.69, 9.17) is 0 Å². The van der Waals surface area contributed by atoms with E-state index in [1.807, 2.05) is 43.4 Å². The van der Waals surface area contributed by atoms with Gasteiger partial charge >= 0.3 is 0 Å². The molecule has 0 aliphatic rings. The number of nitrogens with one attached hydrogen (secondary N) is 2. The van der Waals surface area contributed by atoms with E-state index >= 15 is 0 Å². The Labute approximate surface area is 128 Å². The molecule has 0 radical (unpaired) electrons. The Morgan fingerprint density at radius 1 is 1.10 bits per heavy atom. The maximum atomic E-state index is 4.27. The lowest BCUT2D eigenvalue weighted by molar-refractivity contribution is 0.447. The fraction of sp³-hybridized carbons (Fsp3) is 0.333. The monoisotopic (exact) mass is 334 g/mol. The van der Waals surface area contributed by atoms with Gasteiger partial charge in [0.05, 0.1) is 5.69 Å². The summed E-state index contributed by atoms with van der Waals surface area (Å²) in [4.78, 5) is 0. The molecule has 0 unspecified atom stereocenters. The molecule has 0 aliphatic heterocycles. The van der Waals surface area contributed by atoms with E-state index in [9.17, 15) is 0 Å². The van der Waals surface area contributed by atoms with Gasteiger partial charge in [0.1, 0.15) is 5.82 Å². The minimum Gasteiger partial charge on any atom is -0.367 e. The van der Waals surface area contributed by atoms with Crippen molar-refractivity contribution in [1.29, 1.82) is 0 Å². The maximum Gasteiger partial charge on any atom is 0.148 e. The number of rotatable bonds is 5. The number of halogens is 1. The van der Waals surface area contributed by atoms with Gasteiger partial charge in [0, 0.05) is 22.1 Å². The van der Waals surface area contributed by atoms with Gasteiger partial charge in [-0.15, -0.1) is 10.2 Å². The molecular formula is C15H19BrN4. The summed E-state index contributed by atoms with van der Waals surface area (Å²) in [6.07, 6.45) is 0. The SMILES string of the molecule is CNC(C)(C)CNc1ccc(-c2ccccc2Br)nn1. The van der Waals surface area contributed by atoms with Crippen LogP contribution in [0.4, 0.5) is 5.82 Å². The van der Waals surface area contributed by atoms with Crippen LogP contribution in [0.3, 0.4) is 0 Å². The number of anilines is 1. The second-order valence-corrected chi connectivity index (χ2v) is 6.13. The molecule has 2 rings (SSSR count). The predicted octanol–water partition coefficient (Wildman–Crippen LogP) is 3.32. The van der Waals surface area contributed by atoms with Gasteiger partial charge in [0.2, 0.25) is 0 Å². The molecule has 0 aliphatic carbocycles. The van der Waals surface area contributed by atoms with E-state index in [-0.39, 0.29) is 5.54 Å². The Morgan fingerprint density at radius 2 is 1.85 bits per heavy atom. The van der Waals surface area contributed by atoms with Gasteiger partial charge in [0.25, 0.3) is 0 Å². The second-order valence-electron chi connectivity index (χ2n) is 5.27. The van der Waals surface area contributed by atoms with E-state index in [2.05, 4.69) is 50.6 Å². The van der Waals surface area contributed by atoms with Crippen LogP contribution in [0.5, 0.6) is 0 Å². The van der Waals surface area contributed by atoms with Crippen LogP contribution >= 0.6 is 15.9 Å². The summed E-state index contributed by atoms with van der Waals surface area (Å²) in [5.74, 6) is 0.782. The number of likely N-dealkylation sites (N-methyl/N-ethyl adjacent to an activating group) is 1. The Morgan fingerprint density at radius 3 is 2.45 bits per heavy atom. The molecule has 1 aromatic heterocycles. The van der Waals surface area contributed by atoms with Gasteiger partial charge in [0.15, 0.2) is 0 Å². The van der Waals surface area contributed by atoms with Crippen molar-refractivity contribution in [3.05, 3.63) is 40.9 Å². The van der Waals surface area contributed by atoms with Gasteiger partial charge in [-0.3, -0.25) is 0 Å². The maximum absolute atomic E-state index is 4.27. The summed E-state index contributed by atoms with van der Waals surface area (Å²) in [6.45, 7) is 5.04. The molecule has 0 atom stereocenters. The highest BCUT2D eigenvalue weighted by atomic mass is 79.9. The molecule has 106 valence electrons. The van der Waals surface area contributed by atoms with Gasteiger partial charge in [-0.2, -0.15) is 0 Å². The summed E-state index contributed by atoms with van der Waals surface area (Å²) < 4.78 is 1.02. The lowest BCUT2D eigenvalue weighted by atomic mass is 10.1. The quantitative estimate of drug-likeness (QED) is 0.880. The van der Waals surface area contributed by atoms with Crippen molar-refractivity contribution in [2.45, 2.75) is 19.4 Å². The highest BCUT2D eigenvalue weighted by Crippen LogP contribution is 2.26. The third kappa shape index (κ3) is 3.77. The average Bonchev–Trinajstić information content (AvgIpc) is 2.46. The van der Waals surface area contributed by atoms with Crippen LogP contribution in [0, 0.1) is 0 Å². The Hall–Kier alpha value is -1.46. The van der Waals surface area contributed by atoms with Crippen LogP contribution < -0.4 is 10.6 Å². The van der Waals surface area contributed by atoms with E-state index in [1.165, 1.54) is 0 Å². The van der Waals surface area contributed by atoms with Crippen molar-refractivity contribution >= 4 is 21.7 Å². The molecule has 0 saturated heterocycles. The third-order valence-electron chi connectivity index (χ3n) is 3.20. The number of aromatic nitrogens is 2. The molecule has 1 aromatic carbocycles. The normalized spacial score (nSPS) is 11.4. The first kappa shape index (κ1) is 14.9. The van der Waals surface area contributed by atoms with Crippen molar-refractivity contribution in [2.75, 3.05) is 18.9 Å². The molecule has 0 amide bonds. The van der Waals surface area contributed by atoms with E-state index in [1.54, 1.807) is 0 Å². The molecule has 0 bridgehead atoms. The smallest absolute Gasteiger partial charge is 0.148 e. The fourth-order valence-electron chi connectivity index (χ4n) is 1.64. The Balaban J connectivity index is 2.09. The lowest BCUT2D eigenvalue weighted by Gasteiger charge is -2.24. The summed E-state index contributed by atoms with van der Waals surface area (Å²) in [5.41, 5.74) is 1.92. The zero-order valence-electron chi connectivity index (χ0n) is 11.9. The molecule has 0 fully saturated rings. The number of benzene rings is 1. The van der Waals surface area contributed by atoms with Crippen LogP contribution in [-0.4, -0.2) is 29.3 Å². The highest BCUT2D eigenvalue weighted by Gasteiger charge is 2.14.